The minimum absolute atomic E-state index is 0.128. The standard InChI is InChI=1S/C25H33N3O3/c1-16-8-22(17(2)28(16)21-4-5-21)24(30)31-15-23(29)27(7-3-6-26)25-12-18-9-19(13-25)11-20(10-18)14-25/h8,18-21H,3-5,7,9-15H2,1-2H3. The monoisotopic (exact) mass is 423 g/mol. The largest absolute Gasteiger partial charge is 0.452 e. The molecule has 6 rings (SSSR count). The molecule has 1 aromatic rings. The predicted molar refractivity (Wildman–Crippen MR) is 115 cm³/mol. The molecule has 31 heavy (non-hydrogen) atoms. The SMILES string of the molecule is Cc1cc(C(=O)OCC(=O)N(CCC#N)C23CC4CC(CC(C4)C2)C3)c(C)n1C1CC1. The summed E-state index contributed by atoms with van der Waals surface area (Å²) in [6, 6.07) is 4.59. The number of aromatic nitrogens is 1. The van der Waals surface area contributed by atoms with Gasteiger partial charge in [-0.25, -0.2) is 4.79 Å². The summed E-state index contributed by atoms with van der Waals surface area (Å²) in [6.45, 7) is 4.18. The van der Waals surface area contributed by atoms with Crippen molar-refractivity contribution < 1.29 is 14.3 Å². The third kappa shape index (κ3) is 3.66. The van der Waals surface area contributed by atoms with Crippen molar-refractivity contribution in [2.75, 3.05) is 13.2 Å². The molecule has 1 heterocycles. The quantitative estimate of drug-likeness (QED) is 0.613. The number of carbonyl (C=O) groups is 2. The number of ether oxygens (including phenoxy) is 1. The molecule has 5 aliphatic rings. The zero-order valence-corrected chi connectivity index (χ0v) is 18.7. The van der Waals surface area contributed by atoms with Crippen LogP contribution in [0.1, 0.15) is 85.6 Å². The number of amides is 1. The molecule has 0 N–H and O–H groups in total. The van der Waals surface area contributed by atoms with E-state index in [-0.39, 0.29) is 18.1 Å². The van der Waals surface area contributed by atoms with Crippen LogP contribution < -0.4 is 0 Å². The molecule has 0 unspecified atom stereocenters. The Kier molecular flexibility index (Phi) is 5.11. The van der Waals surface area contributed by atoms with Crippen LogP contribution in [0.25, 0.3) is 0 Å². The van der Waals surface area contributed by atoms with Gasteiger partial charge >= 0.3 is 5.97 Å². The highest BCUT2D eigenvalue weighted by molar-refractivity contribution is 5.93. The first-order chi connectivity index (χ1) is 14.9. The minimum atomic E-state index is -0.418. The first-order valence-corrected chi connectivity index (χ1v) is 11.9. The highest BCUT2D eigenvalue weighted by Crippen LogP contribution is 2.57. The van der Waals surface area contributed by atoms with Gasteiger partial charge in [0, 0.05) is 29.5 Å². The van der Waals surface area contributed by atoms with E-state index in [2.05, 4.69) is 10.6 Å². The molecule has 5 fully saturated rings. The van der Waals surface area contributed by atoms with Gasteiger partial charge in [-0.3, -0.25) is 4.79 Å². The molecule has 0 radical (unpaired) electrons. The second kappa shape index (κ2) is 7.69. The molecule has 0 spiro atoms. The van der Waals surface area contributed by atoms with Gasteiger partial charge in [-0.1, -0.05) is 0 Å². The Bertz CT molecular complexity index is 901. The molecule has 5 aliphatic carbocycles. The van der Waals surface area contributed by atoms with E-state index in [4.69, 9.17) is 4.74 Å². The Morgan fingerprint density at radius 3 is 2.32 bits per heavy atom. The number of hydrogen-bond donors (Lipinski definition) is 0. The fourth-order valence-corrected chi connectivity index (χ4v) is 7.35. The lowest BCUT2D eigenvalue weighted by molar-refractivity contribution is -0.153. The van der Waals surface area contributed by atoms with Crippen LogP contribution in [0, 0.1) is 42.9 Å². The molecular weight excluding hydrogens is 390 g/mol. The molecule has 1 amide bonds. The number of rotatable bonds is 7. The maximum atomic E-state index is 13.3. The molecule has 0 aromatic carbocycles. The second-order valence-corrected chi connectivity index (χ2v) is 10.6. The van der Waals surface area contributed by atoms with E-state index >= 15 is 0 Å². The maximum absolute atomic E-state index is 13.3. The van der Waals surface area contributed by atoms with E-state index in [0.717, 1.165) is 43.5 Å². The molecule has 1 aromatic heterocycles. The number of nitriles is 1. The van der Waals surface area contributed by atoms with Gasteiger partial charge in [-0.05, 0) is 89.0 Å². The average Bonchev–Trinajstić information content (AvgIpc) is 3.49. The Labute approximate surface area is 184 Å². The number of carbonyl (C=O) groups excluding carboxylic acids is 2. The third-order valence-electron chi connectivity index (χ3n) is 8.27. The topological polar surface area (TPSA) is 75.3 Å². The van der Waals surface area contributed by atoms with Crippen LogP contribution in [0.5, 0.6) is 0 Å². The summed E-state index contributed by atoms with van der Waals surface area (Å²) < 4.78 is 7.75. The van der Waals surface area contributed by atoms with Crippen molar-refractivity contribution in [3.05, 3.63) is 23.0 Å². The highest BCUT2D eigenvalue weighted by Gasteiger charge is 2.54. The Hall–Kier alpha value is -2.29. The van der Waals surface area contributed by atoms with Crippen LogP contribution in [0.3, 0.4) is 0 Å². The second-order valence-electron chi connectivity index (χ2n) is 10.6. The summed E-state index contributed by atoms with van der Waals surface area (Å²) in [4.78, 5) is 28.0. The summed E-state index contributed by atoms with van der Waals surface area (Å²) in [5.74, 6) is 1.57. The number of esters is 1. The molecule has 4 bridgehead atoms. The van der Waals surface area contributed by atoms with Crippen LogP contribution >= 0.6 is 0 Å². The van der Waals surface area contributed by atoms with Crippen LogP contribution in [0.4, 0.5) is 0 Å². The Balaban J connectivity index is 1.29. The minimum Gasteiger partial charge on any atom is -0.452 e. The first-order valence-electron chi connectivity index (χ1n) is 11.9. The highest BCUT2D eigenvalue weighted by atomic mass is 16.5. The zero-order chi connectivity index (χ0) is 21.8. The smallest absolute Gasteiger partial charge is 0.340 e. The van der Waals surface area contributed by atoms with Gasteiger partial charge in [0.1, 0.15) is 0 Å². The number of aryl methyl sites for hydroxylation is 1. The van der Waals surface area contributed by atoms with E-state index in [1.807, 2.05) is 24.8 Å². The van der Waals surface area contributed by atoms with Crippen LogP contribution in [0.15, 0.2) is 6.07 Å². The van der Waals surface area contributed by atoms with Crippen molar-refractivity contribution >= 4 is 11.9 Å². The summed E-state index contributed by atoms with van der Waals surface area (Å²) in [6.07, 6.45) is 9.67. The van der Waals surface area contributed by atoms with Crippen molar-refractivity contribution in [2.45, 2.75) is 83.2 Å². The summed E-state index contributed by atoms with van der Waals surface area (Å²) in [7, 11) is 0. The van der Waals surface area contributed by atoms with Crippen molar-refractivity contribution in [3.8, 4) is 6.07 Å². The molecule has 166 valence electrons. The van der Waals surface area contributed by atoms with Crippen LogP contribution in [-0.2, 0) is 9.53 Å². The predicted octanol–water partition coefficient (Wildman–Crippen LogP) is 4.31. The molecule has 6 nitrogen and oxygen atoms in total. The Morgan fingerprint density at radius 1 is 1.16 bits per heavy atom. The fourth-order valence-electron chi connectivity index (χ4n) is 7.35. The van der Waals surface area contributed by atoms with Crippen LogP contribution in [-0.4, -0.2) is 40.0 Å². The van der Waals surface area contributed by atoms with E-state index in [9.17, 15) is 14.9 Å². The molecule has 0 saturated heterocycles. The van der Waals surface area contributed by atoms with E-state index in [1.54, 1.807) is 0 Å². The van der Waals surface area contributed by atoms with E-state index in [1.165, 1.54) is 19.3 Å². The van der Waals surface area contributed by atoms with E-state index < -0.39 is 5.97 Å². The van der Waals surface area contributed by atoms with Gasteiger partial charge in [0.05, 0.1) is 18.1 Å². The molecular formula is C25H33N3O3. The van der Waals surface area contributed by atoms with Crippen molar-refractivity contribution in [3.63, 3.8) is 0 Å². The number of hydrogen-bond acceptors (Lipinski definition) is 4. The average molecular weight is 424 g/mol. The fraction of sp³-hybridized carbons (Fsp3) is 0.720. The Morgan fingerprint density at radius 2 is 1.77 bits per heavy atom. The molecule has 5 saturated carbocycles. The van der Waals surface area contributed by atoms with Gasteiger partial charge in [0.2, 0.25) is 0 Å². The lowest BCUT2D eigenvalue weighted by atomic mass is 9.52. The van der Waals surface area contributed by atoms with Gasteiger partial charge in [-0.2, -0.15) is 5.26 Å². The van der Waals surface area contributed by atoms with Crippen molar-refractivity contribution in [1.29, 1.82) is 5.26 Å². The molecule has 0 atom stereocenters. The molecule has 0 aliphatic heterocycles. The zero-order valence-electron chi connectivity index (χ0n) is 18.7. The maximum Gasteiger partial charge on any atom is 0.340 e. The van der Waals surface area contributed by atoms with Crippen LogP contribution in [0.2, 0.25) is 0 Å². The summed E-state index contributed by atoms with van der Waals surface area (Å²) >= 11 is 0. The van der Waals surface area contributed by atoms with Crippen molar-refractivity contribution in [1.82, 2.24) is 9.47 Å². The van der Waals surface area contributed by atoms with Gasteiger partial charge in [-0.15, -0.1) is 0 Å². The van der Waals surface area contributed by atoms with Crippen molar-refractivity contribution in [2.24, 2.45) is 17.8 Å². The van der Waals surface area contributed by atoms with Gasteiger partial charge < -0.3 is 14.2 Å². The normalized spacial score (nSPS) is 30.8. The third-order valence-corrected chi connectivity index (χ3v) is 8.27. The molecule has 6 heteroatoms. The summed E-state index contributed by atoms with van der Waals surface area (Å²) in [5, 5.41) is 9.18. The summed E-state index contributed by atoms with van der Waals surface area (Å²) in [5.41, 5.74) is 2.44. The van der Waals surface area contributed by atoms with Gasteiger partial charge in [0.25, 0.3) is 5.91 Å². The lowest BCUT2D eigenvalue weighted by Crippen LogP contribution is -2.62. The van der Waals surface area contributed by atoms with Gasteiger partial charge in [0.15, 0.2) is 6.61 Å². The number of nitrogens with zero attached hydrogens (tertiary/aromatic N) is 3. The first kappa shape index (κ1) is 20.6. The van der Waals surface area contributed by atoms with E-state index in [0.29, 0.717) is 42.3 Å². The lowest BCUT2D eigenvalue weighted by Gasteiger charge is -2.60.